The van der Waals surface area contributed by atoms with E-state index in [1.165, 1.54) is 12.1 Å². The highest BCUT2D eigenvalue weighted by molar-refractivity contribution is 5.19. The number of halogens is 2. The molecule has 0 aliphatic heterocycles. The molecule has 4 heteroatoms. The Morgan fingerprint density at radius 2 is 2.12 bits per heavy atom. The van der Waals surface area contributed by atoms with Crippen molar-refractivity contribution in [3.8, 4) is 0 Å². The average molecular weight is 243 g/mol. The number of nitrogens with one attached hydrogen (secondary N) is 1. The van der Waals surface area contributed by atoms with Gasteiger partial charge in [-0.15, -0.1) is 0 Å². The van der Waals surface area contributed by atoms with E-state index >= 15 is 0 Å². The van der Waals surface area contributed by atoms with Crippen molar-refractivity contribution in [2.45, 2.75) is 25.8 Å². The van der Waals surface area contributed by atoms with E-state index in [2.05, 4.69) is 5.32 Å². The Hall–Kier alpha value is -1.00. The molecule has 0 aliphatic rings. The second-order valence-corrected chi connectivity index (χ2v) is 3.91. The van der Waals surface area contributed by atoms with Crippen molar-refractivity contribution in [3.05, 3.63) is 35.4 Å². The average Bonchev–Trinajstić information content (AvgIpc) is 2.31. The van der Waals surface area contributed by atoms with E-state index in [4.69, 9.17) is 4.74 Å². The summed E-state index contributed by atoms with van der Waals surface area (Å²) in [5, 5.41) is 3.11. The zero-order chi connectivity index (χ0) is 12.7. The Morgan fingerprint density at radius 3 is 2.71 bits per heavy atom. The quantitative estimate of drug-likeness (QED) is 0.743. The Morgan fingerprint density at radius 1 is 1.35 bits per heavy atom. The van der Waals surface area contributed by atoms with Crippen LogP contribution in [0.5, 0.6) is 0 Å². The van der Waals surface area contributed by atoms with Gasteiger partial charge in [0.2, 0.25) is 0 Å². The molecule has 0 bridgehead atoms. The molecule has 0 aromatic heterocycles. The third-order valence-electron chi connectivity index (χ3n) is 2.70. The minimum absolute atomic E-state index is 0.140. The fraction of sp³-hybridized carbons (Fsp3) is 0.538. The normalized spacial score (nSPS) is 12.7. The highest BCUT2D eigenvalue weighted by atomic mass is 19.1. The number of rotatable bonds is 7. The minimum atomic E-state index is -0.540. The van der Waals surface area contributed by atoms with Crippen LogP contribution in [0.15, 0.2) is 18.2 Å². The van der Waals surface area contributed by atoms with Gasteiger partial charge in [0.25, 0.3) is 0 Å². The summed E-state index contributed by atoms with van der Waals surface area (Å²) >= 11 is 0. The summed E-state index contributed by atoms with van der Waals surface area (Å²) in [7, 11) is 1.83. The summed E-state index contributed by atoms with van der Waals surface area (Å²) in [5.74, 6) is -1.02. The zero-order valence-corrected chi connectivity index (χ0v) is 10.3. The lowest BCUT2D eigenvalue weighted by molar-refractivity contribution is 0.137. The van der Waals surface area contributed by atoms with Crippen molar-refractivity contribution in [1.29, 1.82) is 0 Å². The van der Waals surface area contributed by atoms with Crippen molar-refractivity contribution in [2.75, 3.05) is 20.3 Å². The van der Waals surface area contributed by atoms with Gasteiger partial charge >= 0.3 is 0 Å². The molecule has 0 saturated heterocycles. The molecule has 1 rings (SSSR count). The summed E-state index contributed by atoms with van der Waals surface area (Å²) in [4.78, 5) is 0. The predicted octanol–water partition coefficient (Wildman–Crippen LogP) is 2.52. The number of likely N-dealkylation sites (N-methyl/N-ethyl adjacent to an activating group) is 1. The summed E-state index contributed by atoms with van der Waals surface area (Å²) in [6, 6.07) is 3.84. The van der Waals surface area contributed by atoms with Crippen LogP contribution in [0.1, 0.15) is 18.9 Å². The van der Waals surface area contributed by atoms with Crippen LogP contribution in [0.25, 0.3) is 0 Å². The second kappa shape index (κ2) is 7.35. The van der Waals surface area contributed by atoms with Crippen LogP contribution in [0.4, 0.5) is 8.78 Å². The van der Waals surface area contributed by atoms with Gasteiger partial charge in [0.1, 0.15) is 11.6 Å². The number of hydrogen-bond donors (Lipinski definition) is 1. The first-order valence-electron chi connectivity index (χ1n) is 5.86. The molecule has 1 unspecified atom stereocenters. The van der Waals surface area contributed by atoms with E-state index < -0.39 is 11.6 Å². The Balaban J connectivity index is 2.54. The highest BCUT2D eigenvalue weighted by Gasteiger charge is 2.11. The summed E-state index contributed by atoms with van der Waals surface area (Å²) in [5.41, 5.74) is 0.530. The van der Waals surface area contributed by atoms with Gasteiger partial charge in [0, 0.05) is 25.3 Å². The Labute approximate surface area is 101 Å². The SMILES string of the molecule is CCOCCC(Cc1ccc(F)cc1F)NC. The molecule has 96 valence electrons. The van der Waals surface area contributed by atoms with Crippen LogP contribution < -0.4 is 5.32 Å². The second-order valence-electron chi connectivity index (χ2n) is 3.91. The van der Waals surface area contributed by atoms with Crippen molar-refractivity contribution >= 4 is 0 Å². The molecule has 0 amide bonds. The third-order valence-corrected chi connectivity index (χ3v) is 2.70. The van der Waals surface area contributed by atoms with E-state index in [1.807, 2.05) is 14.0 Å². The van der Waals surface area contributed by atoms with Gasteiger partial charge in [0.05, 0.1) is 0 Å². The summed E-state index contributed by atoms with van der Waals surface area (Å²) in [6.07, 6.45) is 1.34. The van der Waals surface area contributed by atoms with Crippen molar-refractivity contribution < 1.29 is 13.5 Å². The minimum Gasteiger partial charge on any atom is -0.382 e. The van der Waals surface area contributed by atoms with Gasteiger partial charge in [-0.1, -0.05) is 6.07 Å². The van der Waals surface area contributed by atoms with Crippen LogP contribution in [0, 0.1) is 11.6 Å². The molecule has 0 fully saturated rings. The third kappa shape index (κ3) is 4.79. The van der Waals surface area contributed by atoms with Crippen LogP contribution in [0.3, 0.4) is 0 Å². The number of ether oxygens (including phenoxy) is 1. The van der Waals surface area contributed by atoms with Gasteiger partial charge < -0.3 is 10.1 Å². The monoisotopic (exact) mass is 243 g/mol. The van der Waals surface area contributed by atoms with Crippen LogP contribution in [-0.4, -0.2) is 26.3 Å². The lowest BCUT2D eigenvalue weighted by Crippen LogP contribution is -2.29. The van der Waals surface area contributed by atoms with Crippen LogP contribution in [0.2, 0.25) is 0 Å². The number of benzene rings is 1. The van der Waals surface area contributed by atoms with Gasteiger partial charge in [-0.05, 0) is 38.4 Å². The standard InChI is InChI=1S/C13H19F2NO/c1-3-17-7-6-12(16-2)8-10-4-5-11(14)9-13(10)15/h4-5,9,12,16H,3,6-8H2,1-2H3. The maximum atomic E-state index is 13.4. The molecule has 2 nitrogen and oxygen atoms in total. The van der Waals surface area contributed by atoms with Crippen molar-refractivity contribution in [2.24, 2.45) is 0 Å². The number of hydrogen-bond acceptors (Lipinski definition) is 2. The fourth-order valence-electron chi connectivity index (χ4n) is 1.67. The maximum absolute atomic E-state index is 13.4. The molecule has 17 heavy (non-hydrogen) atoms. The lowest BCUT2D eigenvalue weighted by Gasteiger charge is -2.16. The maximum Gasteiger partial charge on any atom is 0.129 e. The first-order valence-corrected chi connectivity index (χ1v) is 5.86. The fourth-order valence-corrected chi connectivity index (χ4v) is 1.67. The molecule has 0 heterocycles. The van der Waals surface area contributed by atoms with Gasteiger partial charge in [-0.2, -0.15) is 0 Å². The Bertz CT molecular complexity index is 344. The van der Waals surface area contributed by atoms with Gasteiger partial charge in [0.15, 0.2) is 0 Å². The van der Waals surface area contributed by atoms with Crippen molar-refractivity contribution in [3.63, 3.8) is 0 Å². The van der Waals surface area contributed by atoms with Crippen LogP contribution in [-0.2, 0) is 11.2 Å². The summed E-state index contributed by atoms with van der Waals surface area (Å²) in [6.45, 7) is 3.26. The zero-order valence-electron chi connectivity index (χ0n) is 10.3. The van der Waals surface area contributed by atoms with Gasteiger partial charge in [-0.25, -0.2) is 8.78 Å². The highest BCUT2D eigenvalue weighted by Crippen LogP contribution is 2.12. The molecular formula is C13H19F2NO. The first kappa shape index (κ1) is 14.1. The molecule has 1 N–H and O–H groups in total. The molecule has 1 atom stereocenters. The summed E-state index contributed by atoms with van der Waals surface area (Å²) < 4.78 is 31.4. The topological polar surface area (TPSA) is 21.3 Å². The molecule has 0 aliphatic carbocycles. The van der Waals surface area contributed by atoms with Crippen LogP contribution >= 0.6 is 0 Å². The largest absolute Gasteiger partial charge is 0.382 e. The van der Waals surface area contributed by atoms with E-state index in [0.717, 1.165) is 12.5 Å². The molecule has 0 radical (unpaired) electrons. The van der Waals surface area contributed by atoms with E-state index in [1.54, 1.807) is 0 Å². The predicted molar refractivity (Wildman–Crippen MR) is 64.0 cm³/mol. The smallest absolute Gasteiger partial charge is 0.129 e. The van der Waals surface area contributed by atoms with E-state index in [-0.39, 0.29) is 6.04 Å². The van der Waals surface area contributed by atoms with Crippen molar-refractivity contribution in [1.82, 2.24) is 5.32 Å². The lowest BCUT2D eigenvalue weighted by atomic mass is 10.0. The molecular weight excluding hydrogens is 224 g/mol. The van der Waals surface area contributed by atoms with Gasteiger partial charge in [-0.3, -0.25) is 0 Å². The molecule has 0 saturated carbocycles. The Kier molecular flexibility index (Phi) is 6.08. The molecule has 1 aromatic carbocycles. The molecule has 0 spiro atoms. The molecule has 1 aromatic rings. The van der Waals surface area contributed by atoms with E-state index in [0.29, 0.717) is 25.2 Å². The first-order chi connectivity index (χ1) is 8.17. The van der Waals surface area contributed by atoms with E-state index in [9.17, 15) is 8.78 Å².